The number of benzene rings is 3. The molecule has 1 aliphatic heterocycles. The van der Waals surface area contributed by atoms with Crippen LogP contribution in [0.1, 0.15) is 28.4 Å². The van der Waals surface area contributed by atoms with Crippen molar-refractivity contribution in [1.82, 2.24) is 5.32 Å². The molecule has 0 aromatic heterocycles. The number of hydrogen-bond acceptors (Lipinski definition) is 4. The Morgan fingerprint density at radius 1 is 1.03 bits per heavy atom. The minimum atomic E-state index is -0.0241. The van der Waals surface area contributed by atoms with Crippen molar-refractivity contribution in [3.05, 3.63) is 89.5 Å². The fourth-order valence-electron chi connectivity index (χ4n) is 3.72. The first-order valence-electron chi connectivity index (χ1n) is 10.8. The quantitative estimate of drug-likeness (QED) is 0.533. The average Bonchev–Trinajstić information content (AvgIpc) is 2.81. The lowest BCUT2D eigenvalue weighted by Crippen LogP contribution is -2.30. The average molecular weight is 433 g/mol. The normalized spacial score (nSPS) is 12.9. The van der Waals surface area contributed by atoms with Gasteiger partial charge >= 0.3 is 0 Å². The zero-order valence-electron chi connectivity index (χ0n) is 17.8. The minimum Gasteiger partial charge on any atom is -0.494 e. The third kappa shape index (κ3) is 5.61. The van der Waals surface area contributed by atoms with Gasteiger partial charge in [-0.25, -0.2) is 0 Å². The van der Waals surface area contributed by atoms with Crippen molar-refractivity contribution in [2.75, 3.05) is 30.3 Å². The summed E-state index contributed by atoms with van der Waals surface area (Å²) in [5, 5.41) is 3.06. The number of nitrogens with one attached hydrogen (secondary N) is 1. The number of anilines is 1. The van der Waals surface area contributed by atoms with Gasteiger partial charge in [0.2, 0.25) is 0 Å². The number of nitrogens with zero attached hydrogens (tertiary/aromatic N) is 1. The second kappa shape index (κ2) is 10.4. The Labute approximate surface area is 188 Å². The Hall–Kier alpha value is -2.92. The summed E-state index contributed by atoms with van der Waals surface area (Å²) in [7, 11) is 0. The maximum atomic E-state index is 12.8. The molecular weight excluding hydrogens is 404 g/mol. The van der Waals surface area contributed by atoms with Crippen molar-refractivity contribution in [2.24, 2.45) is 0 Å². The van der Waals surface area contributed by atoms with E-state index in [1.54, 1.807) is 0 Å². The first kappa shape index (κ1) is 21.3. The van der Waals surface area contributed by atoms with Crippen LogP contribution in [-0.2, 0) is 13.0 Å². The number of hydrogen-bond donors (Lipinski definition) is 1. The zero-order valence-corrected chi connectivity index (χ0v) is 18.7. The van der Waals surface area contributed by atoms with Crippen LogP contribution in [-0.4, -0.2) is 31.4 Å². The van der Waals surface area contributed by atoms with Crippen LogP contribution in [0.15, 0.2) is 77.7 Å². The molecule has 0 atom stereocenters. The smallest absolute Gasteiger partial charge is 0.251 e. The van der Waals surface area contributed by atoms with Gasteiger partial charge in [-0.15, -0.1) is 11.8 Å². The molecule has 0 fully saturated rings. The van der Waals surface area contributed by atoms with Crippen LogP contribution < -0.4 is 15.0 Å². The summed E-state index contributed by atoms with van der Waals surface area (Å²) in [4.78, 5) is 16.4. The molecule has 1 N–H and O–H groups in total. The zero-order chi connectivity index (χ0) is 21.5. The van der Waals surface area contributed by atoms with Crippen LogP contribution in [0.5, 0.6) is 5.75 Å². The van der Waals surface area contributed by atoms with E-state index in [1.807, 2.05) is 49.0 Å². The fraction of sp³-hybridized carbons (Fsp3) is 0.269. The molecule has 0 unspecified atom stereocenters. The molecule has 160 valence electrons. The van der Waals surface area contributed by atoms with Crippen LogP contribution in [0.4, 0.5) is 5.69 Å². The van der Waals surface area contributed by atoms with E-state index < -0.39 is 0 Å². The van der Waals surface area contributed by atoms with E-state index >= 15 is 0 Å². The Morgan fingerprint density at radius 3 is 2.61 bits per heavy atom. The lowest BCUT2D eigenvalue weighted by molar-refractivity contribution is 0.0954. The predicted octanol–water partition coefficient (Wildman–Crippen LogP) is 5.17. The van der Waals surface area contributed by atoms with Crippen LogP contribution in [0.2, 0.25) is 0 Å². The number of thioether (sulfide) groups is 1. The molecule has 0 spiro atoms. The molecular formula is C26H28N2O2S. The van der Waals surface area contributed by atoms with Crippen LogP contribution >= 0.6 is 11.8 Å². The summed E-state index contributed by atoms with van der Waals surface area (Å²) in [5.74, 6) is 1.92. The third-order valence-corrected chi connectivity index (χ3v) is 6.37. The Bertz CT molecular complexity index is 1010. The molecule has 4 nitrogen and oxygen atoms in total. The van der Waals surface area contributed by atoms with Gasteiger partial charge in [0.05, 0.1) is 12.3 Å². The highest BCUT2D eigenvalue weighted by molar-refractivity contribution is 7.99. The molecule has 0 bridgehead atoms. The van der Waals surface area contributed by atoms with E-state index in [9.17, 15) is 4.79 Å². The van der Waals surface area contributed by atoms with Gasteiger partial charge in [-0.05, 0) is 54.8 Å². The maximum Gasteiger partial charge on any atom is 0.251 e. The van der Waals surface area contributed by atoms with Gasteiger partial charge in [-0.2, -0.15) is 0 Å². The first-order chi connectivity index (χ1) is 15.2. The Balaban J connectivity index is 1.38. The van der Waals surface area contributed by atoms with Gasteiger partial charge in [-0.3, -0.25) is 4.79 Å². The molecule has 0 saturated carbocycles. The summed E-state index contributed by atoms with van der Waals surface area (Å²) in [6, 6.07) is 24.6. The molecule has 0 saturated heterocycles. The molecule has 5 heteroatoms. The standard InChI is InChI=1S/C26H28N2O2S/c1-2-30-23-11-8-20(9-12-23)14-15-27-26(29)22-10-13-25-24(18-22)28(16-17-31-25)19-21-6-4-3-5-7-21/h3-13,18H,2,14-17,19H2,1H3,(H,27,29). The highest BCUT2D eigenvalue weighted by Gasteiger charge is 2.19. The highest BCUT2D eigenvalue weighted by Crippen LogP contribution is 2.36. The van der Waals surface area contributed by atoms with Gasteiger partial charge < -0.3 is 15.0 Å². The molecule has 1 heterocycles. The number of carbonyl (C=O) groups excluding carboxylic acids is 1. The lowest BCUT2D eigenvalue weighted by Gasteiger charge is -2.31. The van der Waals surface area contributed by atoms with E-state index in [-0.39, 0.29) is 5.91 Å². The van der Waals surface area contributed by atoms with Crippen molar-refractivity contribution < 1.29 is 9.53 Å². The summed E-state index contributed by atoms with van der Waals surface area (Å²) >= 11 is 1.86. The topological polar surface area (TPSA) is 41.6 Å². The maximum absolute atomic E-state index is 12.8. The van der Waals surface area contributed by atoms with E-state index in [0.29, 0.717) is 18.7 Å². The van der Waals surface area contributed by atoms with Gasteiger partial charge in [0, 0.05) is 35.8 Å². The predicted molar refractivity (Wildman–Crippen MR) is 128 cm³/mol. The van der Waals surface area contributed by atoms with Gasteiger partial charge in [0.1, 0.15) is 5.75 Å². The second-order valence-electron chi connectivity index (χ2n) is 7.52. The van der Waals surface area contributed by atoms with Crippen molar-refractivity contribution >= 4 is 23.4 Å². The molecule has 1 aliphatic rings. The van der Waals surface area contributed by atoms with Crippen molar-refractivity contribution in [3.63, 3.8) is 0 Å². The van der Waals surface area contributed by atoms with Crippen LogP contribution in [0, 0.1) is 0 Å². The summed E-state index contributed by atoms with van der Waals surface area (Å²) < 4.78 is 5.48. The molecule has 3 aromatic carbocycles. The van der Waals surface area contributed by atoms with Crippen LogP contribution in [0.3, 0.4) is 0 Å². The Kier molecular flexibility index (Phi) is 7.15. The van der Waals surface area contributed by atoms with E-state index in [2.05, 4.69) is 52.7 Å². The molecule has 3 aromatic rings. The molecule has 4 rings (SSSR count). The van der Waals surface area contributed by atoms with E-state index in [4.69, 9.17) is 4.74 Å². The van der Waals surface area contributed by atoms with Crippen LogP contribution in [0.25, 0.3) is 0 Å². The highest BCUT2D eigenvalue weighted by atomic mass is 32.2. The van der Waals surface area contributed by atoms with Crippen molar-refractivity contribution in [3.8, 4) is 5.75 Å². The monoisotopic (exact) mass is 432 g/mol. The van der Waals surface area contributed by atoms with Gasteiger partial charge in [-0.1, -0.05) is 42.5 Å². The van der Waals surface area contributed by atoms with E-state index in [1.165, 1.54) is 16.0 Å². The lowest BCUT2D eigenvalue weighted by atomic mass is 10.1. The third-order valence-electron chi connectivity index (χ3n) is 5.33. The van der Waals surface area contributed by atoms with Gasteiger partial charge in [0.25, 0.3) is 5.91 Å². The molecule has 31 heavy (non-hydrogen) atoms. The molecule has 0 aliphatic carbocycles. The minimum absolute atomic E-state index is 0.0241. The summed E-state index contributed by atoms with van der Waals surface area (Å²) in [6.07, 6.45) is 0.791. The SMILES string of the molecule is CCOc1ccc(CCNC(=O)c2ccc3c(c2)N(Cc2ccccc2)CCS3)cc1. The summed E-state index contributed by atoms with van der Waals surface area (Å²) in [6.45, 7) is 5.08. The number of carbonyl (C=O) groups is 1. The number of fused-ring (bicyclic) bond motifs is 1. The number of rotatable bonds is 8. The fourth-order valence-corrected chi connectivity index (χ4v) is 4.76. The first-order valence-corrected chi connectivity index (χ1v) is 11.8. The number of amides is 1. The Morgan fingerprint density at radius 2 is 1.84 bits per heavy atom. The molecule has 0 radical (unpaired) electrons. The number of ether oxygens (including phenoxy) is 1. The summed E-state index contributed by atoms with van der Waals surface area (Å²) in [5.41, 5.74) is 4.33. The second-order valence-corrected chi connectivity index (χ2v) is 8.66. The van der Waals surface area contributed by atoms with Crippen molar-refractivity contribution in [1.29, 1.82) is 0 Å². The van der Waals surface area contributed by atoms with Crippen molar-refractivity contribution in [2.45, 2.75) is 24.8 Å². The van der Waals surface area contributed by atoms with Gasteiger partial charge in [0.15, 0.2) is 0 Å². The molecule has 1 amide bonds. The van der Waals surface area contributed by atoms with E-state index in [0.717, 1.165) is 36.7 Å². The largest absolute Gasteiger partial charge is 0.494 e.